The van der Waals surface area contributed by atoms with Gasteiger partial charge in [-0.25, -0.2) is 9.78 Å². The van der Waals surface area contributed by atoms with Crippen LogP contribution in [-0.4, -0.2) is 26.4 Å². The van der Waals surface area contributed by atoms with Crippen molar-refractivity contribution in [2.75, 3.05) is 10.6 Å². The van der Waals surface area contributed by atoms with E-state index in [1.165, 1.54) is 0 Å². The zero-order valence-corrected chi connectivity index (χ0v) is 11.7. The summed E-state index contributed by atoms with van der Waals surface area (Å²) in [6.45, 7) is 0. The van der Waals surface area contributed by atoms with Gasteiger partial charge in [0.15, 0.2) is 11.3 Å². The Kier molecular flexibility index (Phi) is 3.30. The maximum Gasteiger partial charge on any atom is 0.324 e. The maximum atomic E-state index is 12.0. The molecule has 0 atom stereocenters. The number of rotatable bonds is 2. The molecule has 3 rings (SSSR count). The topological polar surface area (TPSA) is 95.6 Å². The van der Waals surface area contributed by atoms with Crippen LogP contribution in [0.2, 0.25) is 0 Å². The summed E-state index contributed by atoms with van der Waals surface area (Å²) >= 11 is 3.36. The van der Waals surface area contributed by atoms with Gasteiger partial charge in [-0.2, -0.15) is 15.4 Å². The van der Waals surface area contributed by atoms with Crippen molar-refractivity contribution >= 4 is 44.5 Å². The molecule has 1 aromatic carbocycles. The van der Waals surface area contributed by atoms with E-state index in [2.05, 4.69) is 47.0 Å². The number of carbonyl (C=O) groups is 1. The standard InChI is InChI=1S/C12H9BrN6O/c13-7-3-1-2-4-8(7)15-12(20)16-11-10-9(5-6-14-11)17-19-18-10/h1-6H,(H,17,18,19)(H2,14,15,16,20). The van der Waals surface area contributed by atoms with Crippen LogP contribution >= 0.6 is 15.9 Å². The van der Waals surface area contributed by atoms with Crippen LogP contribution in [0.3, 0.4) is 0 Å². The number of urea groups is 1. The first-order valence-electron chi connectivity index (χ1n) is 5.72. The van der Waals surface area contributed by atoms with Crippen LogP contribution in [0.15, 0.2) is 41.0 Å². The Morgan fingerprint density at radius 1 is 1.15 bits per heavy atom. The smallest absolute Gasteiger partial charge is 0.307 e. The number of aromatic amines is 1. The van der Waals surface area contributed by atoms with E-state index >= 15 is 0 Å². The van der Waals surface area contributed by atoms with E-state index in [0.29, 0.717) is 22.5 Å². The molecule has 7 nitrogen and oxygen atoms in total. The first-order valence-corrected chi connectivity index (χ1v) is 6.51. The Labute approximate surface area is 121 Å². The van der Waals surface area contributed by atoms with E-state index < -0.39 is 6.03 Å². The molecule has 0 unspecified atom stereocenters. The quantitative estimate of drug-likeness (QED) is 0.672. The number of H-pyrrole nitrogens is 1. The van der Waals surface area contributed by atoms with Crippen LogP contribution in [0.1, 0.15) is 0 Å². The molecule has 0 bridgehead atoms. The van der Waals surface area contributed by atoms with Crippen molar-refractivity contribution in [1.29, 1.82) is 0 Å². The Morgan fingerprint density at radius 3 is 2.85 bits per heavy atom. The third-order valence-corrected chi connectivity index (χ3v) is 3.28. The second-order valence-electron chi connectivity index (χ2n) is 3.91. The number of nitrogens with zero attached hydrogens (tertiary/aromatic N) is 3. The van der Waals surface area contributed by atoms with Gasteiger partial charge in [0.2, 0.25) is 0 Å². The summed E-state index contributed by atoms with van der Waals surface area (Å²) in [7, 11) is 0. The fraction of sp³-hybridized carbons (Fsp3) is 0. The molecule has 3 N–H and O–H groups in total. The van der Waals surface area contributed by atoms with Crippen molar-refractivity contribution in [1.82, 2.24) is 20.4 Å². The minimum Gasteiger partial charge on any atom is -0.307 e. The van der Waals surface area contributed by atoms with E-state index in [4.69, 9.17) is 0 Å². The molecule has 0 saturated carbocycles. The van der Waals surface area contributed by atoms with Gasteiger partial charge in [-0.15, -0.1) is 0 Å². The number of para-hydroxylation sites is 1. The Morgan fingerprint density at radius 2 is 2.00 bits per heavy atom. The lowest BCUT2D eigenvalue weighted by Gasteiger charge is -2.08. The number of fused-ring (bicyclic) bond motifs is 1. The van der Waals surface area contributed by atoms with Crippen LogP contribution in [0, 0.1) is 0 Å². The first-order chi connectivity index (χ1) is 9.74. The minimum atomic E-state index is -0.403. The van der Waals surface area contributed by atoms with Crippen LogP contribution in [0.4, 0.5) is 16.3 Å². The SMILES string of the molecule is O=C(Nc1ccccc1Br)Nc1nccc2n[nH]nc12. The Hall–Kier alpha value is -2.48. The van der Waals surface area contributed by atoms with E-state index in [0.717, 1.165) is 4.47 Å². The van der Waals surface area contributed by atoms with Crippen LogP contribution in [0.25, 0.3) is 11.0 Å². The molecule has 0 fully saturated rings. The summed E-state index contributed by atoms with van der Waals surface area (Å²) in [6, 6.07) is 8.62. The van der Waals surface area contributed by atoms with Crippen LogP contribution < -0.4 is 10.6 Å². The second kappa shape index (κ2) is 5.25. The van der Waals surface area contributed by atoms with Crippen molar-refractivity contribution in [3.63, 3.8) is 0 Å². The highest BCUT2D eigenvalue weighted by atomic mass is 79.9. The normalized spacial score (nSPS) is 10.4. The van der Waals surface area contributed by atoms with Gasteiger partial charge in [0.1, 0.15) is 5.52 Å². The van der Waals surface area contributed by atoms with Gasteiger partial charge >= 0.3 is 6.03 Å². The molecule has 100 valence electrons. The maximum absolute atomic E-state index is 12.0. The predicted octanol–water partition coefficient (Wildman–Crippen LogP) is 2.76. The molecule has 0 saturated heterocycles. The van der Waals surface area contributed by atoms with E-state index in [1.54, 1.807) is 18.3 Å². The molecule has 2 heterocycles. The second-order valence-corrected chi connectivity index (χ2v) is 4.76. The van der Waals surface area contributed by atoms with Crippen molar-refractivity contribution in [3.05, 3.63) is 41.0 Å². The molecule has 2 amide bonds. The molecule has 0 spiro atoms. The third-order valence-electron chi connectivity index (χ3n) is 2.59. The lowest BCUT2D eigenvalue weighted by atomic mass is 10.3. The van der Waals surface area contributed by atoms with Gasteiger partial charge in [-0.3, -0.25) is 5.32 Å². The zero-order chi connectivity index (χ0) is 13.9. The highest BCUT2D eigenvalue weighted by molar-refractivity contribution is 9.10. The van der Waals surface area contributed by atoms with Gasteiger partial charge in [-0.1, -0.05) is 12.1 Å². The number of carbonyl (C=O) groups excluding carboxylic acids is 1. The molecule has 0 aliphatic heterocycles. The number of amides is 2. The minimum absolute atomic E-state index is 0.348. The van der Waals surface area contributed by atoms with Gasteiger partial charge in [-0.05, 0) is 34.1 Å². The van der Waals surface area contributed by atoms with Crippen molar-refractivity contribution < 1.29 is 4.79 Å². The average Bonchev–Trinajstić information content (AvgIpc) is 2.91. The van der Waals surface area contributed by atoms with Crippen molar-refractivity contribution in [3.8, 4) is 0 Å². The number of halogens is 1. The predicted molar refractivity (Wildman–Crippen MR) is 78.5 cm³/mol. The fourth-order valence-electron chi connectivity index (χ4n) is 1.69. The molecule has 8 heteroatoms. The summed E-state index contributed by atoms with van der Waals surface area (Å²) in [4.78, 5) is 16.0. The largest absolute Gasteiger partial charge is 0.324 e. The number of hydrogen-bond acceptors (Lipinski definition) is 4. The Bertz CT molecular complexity index is 771. The highest BCUT2D eigenvalue weighted by Crippen LogP contribution is 2.22. The van der Waals surface area contributed by atoms with Gasteiger partial charge in [0.25, 0.3) is 0 Å². The molecular formula is C12H9BrN6O. The summed E-state index contributed by atoms with van der Waals surface area (Å²) in [6.07, 6.45) is 1.55. The molecule has 0 aliphatic rings. The number of pyridine rings is 1. The third kappa shape index (κ3) is 2.45. The number of aromatic nitrogens is 4. The Balaban J connectivity index is 1.80. The van der Waals surface area contributed by atoms with Crippen LogP contribution in [0.5, 0.6) is 0 Å². The van der Waals surface area contributed by atoms with E-state index in [-0.39, 0.29) is 0 Å². The lowest BCUT2D eigenvalue weighted by Crippen LogP contribution is -2.20. The number of nitrogens with one attached hydrogen (secondary N) is 3. The number of benzene rings is 1. The number of hydrogen-bond donors (Lipinski definition) is 3. The van der Waals surface area contributed by atoms with Gasteiger partial charge in [0, 0.05) is 10.7 Å². The zero-order valence-electron chi connectivity index (χ0n) is 10.1. The summed E-state index contributed by atoms with van der Waals surface area (Å²) in [5.74, 6) is 0.348. The van der Waals surface area contributed by atoms with Crippen molar-refractivity contribution in [2.45, 2.75) is 0 Å². The molecule has 0 aliphatic carbocycles. The van der Waals surface area contributed by atoms with E-state index in [9.17, 15) is 4.79 Å². The highest BCUT2D eigenvalue weighted by Gasteiger charge is 2.10. The van der Waals surface area contributed by atoms with Crippen molar-refractivity contribution in [2.24, 2.45) is 0 Å². The first kappa shape index (κ1) is 12.5. The van der Waals surface area contributed by atoms with Gasteiger partial charge < -0.3 is 5.32 Å². The lowest BCUT2D eigenvalue weighted by molar-refractivity contribution is 0.262. The summed E-state index contributed by atoms with van der Waals surface area (Å²) < 4.78 is 0.794. The van der Waals surface area contributed by atoms with E-state index in [1.807, 2.05) is 18.2 Å². The average molecular weight is 333 g/mol. The molecule has 3 aromatic rings. The fourth-order valence-corrected chi connectivity index (χ4v) is 2.07. The van der Waals surface area contributed by atoms with Gasteiger partial charge in [0.05, 0.1) is 5.69 Å². The molecule has 2 aromatic heterocycles. The molecular weight excluding hydrogens is 324 g/mol. The monoisotopic (exact) mass is 332 g/mol. The summed E-state index contributed by atoms with van der Waals surface area (Å²) in [5, 5.41) is 15.7. The molecule has 0 radical (unpaired) electrons. The molecule has 20 heavy (non-hydrogen) atoms. The summed E-state index contributed by atoms with van der Waals surface area (Å²) in [5.41, 5.74) is 1.81. The number of anilines is 2. The van der Waals surface area contributed by atoms with Crippen LogP contribution in [-0.2, 0) is 0 Å².